The number of fused-ring (bicyclic) bond motifs is 2. The zero-order valence-electron chi connectivity index (χ0n) is 16.7. The number of nitrogens with zero attached hydrogens (tertiary/aromatic N) is 1. The molecule has 2 unspecified atom stereocenters. The third-order valence-electron chi connectivity index (χ3n) is 5.18. The summed E-state index contributed by atoms with van der Waals surface area (Å²) in [6, 6.07) is 1.80. The van der Waals surface area contributed by atoms with Gasteiger partial charge in [-0.25, -0.2) is 13.6 Å². The third-order valence-corrected chi connectivity index (χ3v) is 6.57. The number of rotatable bonds is 2. The first kappa shape index (κ1) is 20.5. The number of halogens is 2. The number of piperidine rings is 1. The number of alkyl halides is 2. The molecule has 4 nitrogen and oxygen atoms in total. The van der Waals surface area contributed by atoms with Crippen molar-refractivity contribution in [2.75, 3.05) is 6.61 Å². The van der Waals surface area contributed by atoms with Crippen LogP contribution in [0.2, 0.25) is 0 Å². The summed E-state index contributed by atoms with van der Waals surface area (Å²) in [5, 5.41) is 0. The van der Waals surface area contributed by atoms with Gasteiger partial charge in [0.2, 0.25) is 6.43 Å². The molecule has 1 fully saturated rings. The standard InChI is InChI=1S/C20H29F2NO3S/c1-12-10-20(11-13(2)23(12)18(24)26-19(3,4)5)17-14(6-7-25-20)8-15(27-17)9-16(21)22/h8,12-13,16H,6-7,9-11H2,1-5H3. The van der Waals surface area contributed by atoms with E-state index >= 15 is 0 Å². The highest BCUT2D eigenvalue weighted by molar-refractivity contribution is 7.12. The summed E-state index contributed by atoms with van der Waals surface area (Å²) in [4.78, 5) is 16.2. The third kappa shape index (κ3) is 4.29. The average molecular weight is 402 g/mol. The van der Waals surface area contributed by atoms with Gasteiger partial charge in [0.25, 0.3) is 0 Å². The van der Waals surface area contributed by atoms with Crippen LogP contribution in [0, 0.1) is 0 Å². The van der Waals surface area contributed by atoms with Gasteiger partial charge in [0.1, 0.15) is 11.2 Å². The number of carbonyl (C=O) groups excluding carboxylic acids is 1. The molecule has 152 valence electrons. The molecule has 1 spiro atoms. The van der Waals surface area contributed by atoms with Crippen LogP contribution >= 0.6 is 11.3 Å². The molecule has 2 atom stereocenters. The van der Waals surface area contributed by atoms with Crippen molar-refractivity contribution >= 4 is 17.4 Å². The number of ether oxygens (including phenoxy) is 2. The van der Waals surface area contributed by atoms with Gasteiger partial charge in [-0.2, -0.15) is 0 Å². The number of thiophene rings is 1. The lowest BCUT2D eigenvalue weighted by Crippen LogP contribution is -2.57. The SMILES string of the molecule is CC1CC2(CC(C)N1C(=O)OC(C)(C)C)OCCc1cc(CC(F)F)sc12. The van der Waals surface area contributed by atoms with Crippen LogP contribution < -0.4 is 0 Å². The average Bonchev–Trinajstić information content (AvgIpc) is 2.87. The van der Waals surface area contributed by atoms with E-state index < -0.39 is 17.6 Å². The molecule has 1 amide bonds. The van der Waals surface area contributed by atoms with Crippen LogP contribution in [-0.2, 0) is 27.9 Å². The van der Waals surface area contributed by atoms with E-state index in [-0.39, 0.29) is 24.6 Å². The number of hydrogen-bond acceptors (Lipinski definition) is 4. The van der Waals surface area contributed by atoms with Gasteiger partial charge in [0.15, 0.2) is 0 Å². The Balaban J connectivity index is 1.84. The molecule has 0 aromatic carbocycles. The van der Waals surface area contributed by atoms with E-state index in [0.29, 0.717) is 19.4 Å². The van der Waals surface area contributed by atoms with Crippen LogP contribution in [0.1, 0.15) is 62.8 Å². The minimum Gasteiger partial charge on any atom is -0.444 e. The fraction of sp³-hybridized carbons (Fsp3) is 0.750. The Morgan fingerprint density at radius 2 is 2.00 bits per heavy atom. The van der Waals surface area contributed by atoms with E-state index in [1.54, 1.807) is 4.90 Å². The zero-order valence-corrected chi connectivity index (χ0v) is 17.5. The van der Waals surface area contributed by atoms with Crippen molar-refractivity contribution in [2.45, 2.75) is 90.0 Å². The number of likely N-dealkylation sites (tertiary alicyclic amines) is 1. The minimum absolute atomic E-state index is 0.0600. The zero-order chi connectivity index (χ0) is 20.0. The molecule has 0 N–H and O–H groups in total. The van der Waals surface area contributed by atoms with Gasteiger partial charge in [-0.3, -0.25) is 0 Å². The fourth-order valence-electron chi connectivity index (χ4n) is 4.38. The molecule has 1 aromatic rings. The Kier molecular flexibility index (Phi) is 5.56. The van der Waals surface area contributed by atoms with E-state index in [1.165, 1.54) is 11.3 Å². The second-order valence-electron chi connectivity index (χ2n) is 8.75. The highest BCUT2D eigenvalue weighted by Crippen LogP contribution is 2.49. The lowest BCUT2D eigenvalue weighted by atomic mass is 9.79. The van der Waals surface area contributed by atoms with Gasteiger partial charge >= 0.3 is 6.09 Å². The molecule has 2 aliphatic heterocycles. The van der Waals surface area contributed by atoms with Crippen LogP contribution in [0.25, 0.3) is 0 Å². The lowest BCUT2D eigenvalue weighted by molar-refractivity contribution is -0.122. The molecule has 0 saturated carbocycles. The van der Waals surface area contributed by atoms with Crippen LogP contribution in [-0.4, -0.2) is 41.7 Å². The summed E-state index contributed by atoms with van der Waals surface area (Å²) in [5.74, 6) is 0. The predicted octanol–water partition coefficient (Wildman–Crippen LogP) is 5.13. The number of carbonyl (C=O) groups is 1. The highest BCUT2D eigenvalue weighted by Gasteiger charge is 2.49. The molecule has 0 bridgehead atoms. The Morgan fingerprint density at radius 1 is 1.37 bits per heavy atom. The number of hydrogen-bond donors (Lipinski definition) is 0. The molecule has 0 radical (unpaired) electrons. The van der Waals surface area contributed by atoms with Crippen molar-refractivity contribution in [2.24, 2.45) is 0 Å². The summed E-state index contributed by atoms with van der Waals surface area (Å²) in [6.07, 6.45) is -0.791. The van der Waals surface area contributed by atoms with Crippen molar-refractivity contribution in [1.82, 2.24) is 4.90 Å². The fourth-order valence-corrected chi connectivity index (χ4v) is 5.75. The quantitative estimate of drug-likeness (QED) is 0.689. The molecule has 1 saturated heterocycles. The monoisotopic (exact) mass is 401 g/mol. The molecule has 1 aromatic heterocycles. The second-order valence-corrected chi connectivity index (χ2v) is 9.89. The first-order valence-electron chi connectivity index (χ1n) is 9.56. The van der Waals surface area contributed by atoms with Gasteiger partial charge < -0.3 is 14.4 Å². The van der Waals surface area contributed by atoms with E-state index in [2.05, 4.69) is 0 Å². The maximum absolute atomic E-state index is 12.8. The van der Waals surface area contributed by atoms with Crippen molar-refractivity contribution in [3.05, 3.63) is 21.4 Å². The smallest absolute Gasteiger partial charge is 0.410 e. The van der Waals surface area contributed by atoms with Gasteiger partial charge in [-0.15, -0.1) is 11.3 Å². The Hall–Kier alpha value is -1.21. The lowest BCUT2D eigenvalue weighted by Gasteiger charge is -2.50. The summed E-state index contributed by atoms with van der Waals surface area (Å²) >= 11 is 1.45. The van der Waals surface area contributed by atoms with Gasteiger partial charge in [-0.1, -0.05) is 0 Å². The maximum Gasteiger partial charge on any atom is 0.410 e. The summed E-state index contributed by atoms with van der Waals surface area (Å²) in [5.41, 5.74) is 0.0978. The Labute approximate surface area is 163 Å². The first-order valence-corrected chi connectivity index (χ1v) is 10.4. The predicted molar refractivity (Wildman–Crippen MR) is 102 cm³/mol. The van der Waals surface area contributed by atoms with Crippen LogP contribution in [0.3, 0.4) is 0 Å². The molecule has 3 rings (SSSR count). The van der Waals surface area contributed by atoms with Crippen molar-refractivity contribution in [3.8, 4) is 0 Å². The minimum atomic E-state index is -2.34. The Morgan fingerprint density at radius 3 is 2.56 bits per heavy atom. The summed E-state index contributed by atoms with van der Waals surface area (Å²) in [6.45, 7) is 10.2. The summed E-state index contributed by atoms with van der Waals surface area (Å²) in [7, 11) is 0. The van der Waals surface area contributed by atoms with E-state index in [1.807, 2.05) is 40.7 Å². The molecule has 2 aliphatic rings. The normalized spacial score (nSPS) is 28.5. The largest absolute Gasteiger partial charge is 0.444 e. The van der Waals surface area contributed by atoms with Crippen LogP contribution in [0.15, 0.2) is 6.07 Å². The molecule has 0 aliphatic carbocycles. The van der Waals surface area contributed by atoms with Crippen molar-refractivity contribution in [1.29, 1.82) is 0 Å². The molecular formula is C20H29F2NO3S. The van der Waals surface area contributed by atoms with E-state index in [4.69, 9.17) is 9.47 Å². The van der Waals surface area contributed by atoms with Gasteiger partial charge in [-0.05, 0) is 52.7 Å². The van der Waals surface area contributed by atoms with Crippen LogP contribution in [0.5, 0.6) is 0 Å². The molecule has 7 heteroatoms. The molecular weight excluding hydrogens is 372 g/mol. The topological polar surface area (TPSA) is 38.8 Å². The maximum atomic E-state index is 12.8. The highest BCUT2D eigenvalue weighted by atomic mass is 32.1. The molecule has 27 heavy (non-hydrogen) atoms. The first-order chi connectivity index (χ1) is 12.5. The Bertz CT molecular complexity index is 686. The second kappa shape index (κ2) is 7.32. The van der Waals surface area contributed by atoms with Crippen molar-refractivity contribution < 1.29 is 23.0 Å². The van der Waals surface area contributed by atoms with Gasteiger partial charge in [0, 0.05) is 41.1 Å². The van der Waals surface area contributed by atoms with Gasteiger partial charge in [0.05, 0.1) is 6.61 Å². The van der Waals surface area contributed by atoms with Crippen molar-refractivity contribution in [3.63, 3.8) is 0 Å². The molecule has 3 heterocycles. The summed E-state index contributed by atoms with van der Waals surface area (Å²) < 4.78 is 37.5. The van der Waals surface area contributed by atoms with E-state index in [9.17, 15) is 13.6 Å². The number of amides is 1. The van der Waals surface area contributed by atoms with Crippen LogP contribution in [0.4, 0.5) is 13.6 Å². The van der Waals surface area contributed by atoms with E-state index in [0.717, 1.165) is 21.7 Å².